The predicted octanol–water partition coefficient (Wildman–Crippen LogP) is 13.9. The minimum atomic E-state index is -0.326. The van der Waals surface area contributed by atoms with Crippen molar-refractivity contribution in [2.24, 2.45) is 5.92 Å². The number of carbonyl (C=O) groups is 1. The standard InChI is InChI=1S/C52H49FO2/c1-4-5-6-10-33-15-17-34(18-16-33)35-19-21-36(22-20-35)37-23-27-39(28-24-37)50(54)40-29-25-38(26-30-40)41-31-32-55-51-47-43(12-9-14-45(47)53)46-42-11-7-8-13-44(42)52(2,3)49(46)48(41)51/h7-9,11-14,19-31,33-34H,4-6,10,15-18,32H2,1-3H3. The van der Waals surface area contributed by atoms with Gasteiger partial charge in [-0.25, -0.2) is 4.39 Å². The monoisotopic (exact) mass is 724 g/mol. The number of halogens is 1. The summed E-state index contributed by atoms with van der Waals surface area (Å²) in [5, 5.41) is 1.40. The van der Waals surface area contributed by atoms with Gasteiger partial charge >= 0.3 is 0 Å². The second kappa shape index (κ2) is 14.4. The quantitative estimate of drug-likeness (QED) is 0.110. The Morgan fingerprint density at radius 1 is 0.727 bits per heavy atom. The molecule has 0 spiro atoms. The lowest BCUT2D eigenvalue weighted by atomic mass is 9.76. The van der Waals surface area contributed by atoms with E-state index in [0.29, 0.717) is 34.8 Å². The minimum absolute atomic E-state index is 0.00867. The predicted molar refractivity (Wildman–Crippen MR) is 225 cm³/mol. The number of unbranched alkanes of at least 4 members (excludes halogenated alkanes) is 2. The lowest BCUT2D eigenvalue weighted by Crippen LogP contribution is -2.20. The molecule has 9 rings (SSSR count). The lowest BCUT2D eigenvalue weighted by molar-refractivity contribution is 0.103. The van der Waals surface area contributed by atoms with Crippen molar-refractivity contribution in [3.05, 3.63) is 166 Å². The number of ketones is 1. The van der Waals surface area contributed by atoms with E-state index in [2.05, 4.69) is 87.5 Å². The van der Waals surface area contributed by atoms with E-state index in [1.54, 1.807) is 6.07 Å². The molecule has 3 heteroatoms. The summed E-state index contributed by atoms with van der Waals surface area (Å²) in [5.41, 5.74) is 12.2. The van der Waals surface area contributed by atoms with Crippen molar-refractivity contribution in [1.29, 1.82) is 0 Å². The van der Waals surface area contributed by atoms with Gasteiger partial charge < -0.3 is 4.74 Å². The molecule has 2 nitrogen and oxygen atoms in total. The molecular weight excluding hydrogens is 676 g/mol. The third-order valence-electron chi connectivity index (χ3n) is 12.9. The molecule has 1 heterocycles. The fraction of sp³-hybridized carbons (Fsp3) is 0.288. The SMILES string of the molecule is CCCCCC1CCC(c2ccc(-c3ccc(C(=O)c4ccc(C5=CCOc6c5c5c(c7cccc(F)c67)-c6ccccc6C5(C)C)cc4)cc3)cc2)CC1. The molecule has 0 N–H and O–H groups in total. The molecule has 6 aromatic carbocycles. The molecule has 276 valence electrons. The van der Waals surface area contributed by atoms with Gasteiger partial charge in [-0.2, -0.15) is 0 Å². The van der Waals surface area contributed by atoms with Crippen LogP contribution in [-0.2, 0) is 5.41 Å². The van der Waals surface area contributed by atoms with E-state index in [9.17, 15) is 4.79 Å². The number of carbonyl (C=O) groups excluding carboxylic acids is 1. The Morgan fingerprint density at radius 2 is 1.38 bits per heavy atom. The summed E-state index contributed by atoms with van der Waals surface area (Å²) in [6.07, 6.45) is 12.9. The Bertz CT molecular complexity index is 2430. The van der Waals surface area contributed by atoms with E-state index >= 15 is 4.39 Å². The van der Waals surface area contributed by atoms with Gasteiger partial charge in [0.05, 0.1) is 5.39 Å². The van der Waals surface area contributed by atoms with Crippen LogP contribution in [-0.4, -0.2) is 12.4 Å². The van der Waals surface area contributed by atoms with Gasteiger partial charge in [-0.3, -0.25) is 4.79 Å². The number of rotatable bonds is 9. The molecule has 1 fully saturated rings. The number of hydrogen-bond donors (Lipinski definition) is 0. The van der Waals surface area contributed by atoms with Crippen LogP contribution in [0, 0.1) is 11.7 Å². The highest BCUT2D eigenvalue weighted by atomic mass is 19.1. The molecule has 0 bridgehead atoms. The van der Waals surface area contributed by atoms with Crippen molar-refractivity contribution in [2.45, 2.75) is 83.5 Å². The number of benzene rings is 6. The highest BCUT2D eigenvalue weighted by Crippen LogP contribution is 2.58. The average molecular weight is 725 g/mol. The van der Waals surface area contributed by atoms with Crippen molar-refractivity contribution < 1.29 is 13.9 Å². The molecule has 3 aliphatic rings. The van der Waals surface area contributed by atoms with Crippen LogP contribution >= 0.6 is 0 Å². The van der Waals surface area contributed by atoms with E-state index in [1.165, 1.54) is 74.1 Å². The van der Waals surface area contributed by atoms with Crippen LogP contribution in [0.3, 0.4) is 0 Å². The number of hydrogen-bond acceptors (Lipinski definition) is 2. The van der Waals surface area contributed by atoms with E-state index in [-0.39, 0.29) is 17.0 Å². The smallest absolute Gasteiger partial charge is 0.193 e. The first-order valence-corrected chi connectivity index (χ1v) is 20.4. The molecule has 0 radical (unpaired) electrons. The van der Waals surface area contributed by atoms with Crippen molar-refractivity contribution in [2.75, 3.05) is 6.61 Å². The summed E-state index contributed by atoms with van der Waals surface area (Å²) in [5.74, 6) is 1.90. The minimum Gasteiger partial charge on any atom is -0.488 e. The van der Waals surface area contributed by atoms with Gasteiger partial charge in [-0.15, -0.1) is 0 Å². The normalized spacial score (nSPS) is 18.2. The first-order valence-electron chi connectivity index (χ1n) is 20.4. The summed E-state index contributed by atoms with van der Waals surface area (Å²) >= 11 is 0. The maximum absolute atomic E-state index is 15.8. The van der Waals surface area contributed by atoms with Crippen LogP contribution in [0.1, 0.15) is 122 Å². The number of ether oxygens (including phenoxy) is 1. The summed E-state index contributed by atoms with van der Waals surface area (Å²) in [6.45, 7) is 7.13. The van der Waals surface area contributed by atoms with Crippen molar-refractivity contribution in [1.82, 2.24) is 0 Å². The van der Waals surface area contributed by atoms with Gasteiger partial charge in [0.2, 0.25) is 0 Å². The molecule has 2 aliphatic carbocycles. The first-order chi connectivity index (χ1) is 26.8. The van der Waals surface area contributed by atoms with Crippen molar-refractivity contribution in [3.63, 3.8) is 0 Å². The van der Waals surface area contributed by atoms with Crippen LogP contribution in [0.5, 0.6) is 5.75 Å². The molecule has 55 heavy (non-hydrogen) atoms. The fourth-order valence-electron chi connectivity index (χ4n) is 9.92. The zero-order valence-corrected chi connectivity index (χ0v) is 32.3. The lowest BCUT2D eigenvalue weighted by Gasteiger charge is -2.30. The average Bonchev–Trinajstić information content (AvgIpc) is 3.47. The maximum atomic E-state index is 15.8. The Morgan fingerprint density at radius 3 is 2.07 bits per heavy atom. The third kappa shape index (κ3) is 6.22. The van der Waals surface area contributed by atoms with Gasteiger partial charge in [0.25, 0.3) is 0 Å². The van der Waals surface area contributed by atoms with E-state index in [4.69, 9.17) is 4.74 Å². The first kappa shape index (κ1) is 35.4. The largest absolute Gasteiger partial charge is 0.488 e. The van der Waals surface area contributed by atoms with E-state index in [0.717, 1.165) is 50.3 Å². The molecule has 1 saturated carbocycles. The van der Waals surface area contributed by atoms with Gasteiger partial charge in [0.1, 0.15) is 18.2 Å². The van der Waals surface area contributed by atoms with Gasteiger partial charge in [0.15, 0.2) is 5.78 Å². The summed E-state index contributed by atoms with van der Waals surface area (Å²) < 4.78 is 22.1. The second-order valence-corrected chi connectivity index (χ2v) is 16.5. The Labute approximate surface area is 325 Å². The van der Waals surface area contributed by atoms with Crippen molar-refractivity contribution >= 4 is 22.1 Å². The van der Waals surface area contributed by atoms with E-state index in [1.807, 2.05) is 42.5 Å². The van der Waals surface area contributed by atoms with Crippen LogP contribution in [0.2, 0.25) is 0 Å². The molecule has 0 saturated heterocycles. The maximum Gasteiger partial charge on any atom is 0.193 e. The van der Waals surface area contributed by atoms with Crippen LogP contribution in [0.25, 0.3) is 38.6 Å². The molecule has 6 aromatic rings. The Balaban J connectivity index is 0.948. The molecular formula is C52H49FO2. The van der Waals surface area contributed by atoms with Crippen molar-refractivity contribution in [3.8, 4) is 28.0 Å². The highest BCUT2D eigenvalue weighted by Gasteiger charge is 2.42. The van der Waals surface area contributed by atoms with Crippen LogP contribution in [0.15, 0.2) is 121 Å². The summed E-state index contributed by atoms with van der Waals surface area (Å²) in [6, 6.07) is 38.8. The Hall–Kier alpha value is -5.28. The third-order valence-corrected chi connectivity index (χ3v) is 12.9. The zero-order valence-electron chi connectivity index (χ0n) is 32.3. The van der Waals surface area contributed by atoms with E-state index < -0.39 is 0 Å². The highest BCUT2D eigenvalue weighted by molar-refractivity contribution is 6.11. The van der Waals surface area contributed by atoms with Gasteiger partial charge in [0, 0.05) is 22.1 Å². The fourth-order valence-corrected chi connectivity index (χ4v) is 9.92. The van der Waals surface area contributed by atoms with Gasteiger partial charge in [-0.1, -0.05) is 156 Å². The van der Waals surface area contributed by atoms with Crippen LogP contribution < -0.4 is 4.74 Å². The second-order valence-electron chi connectivity index (χ2n) is 16.5. The summed E-state index contributed by atoms with van der Waals surface area (Å²) in [7, 11) is 0. The number of fused-ring (bicyclic) bond motifs is 8. The topological polar surface area (TPSA) is 26.3 Å². The van der Waals surface area contributed by atoms with Gasteiger partial charge in [-0.05, 0) is 105 Å². The molecule has 0 atom stereocenters. The molecule has 0 amide bonds. The summed E-state index contributed by atoms with van der Waals surface area (Å²) in [4.78, 5) is 13.8. The molecule has 0 unspecified atom stereocenters. The molecule has 1 aliphatic heterocycles. The zero-order chi connectivity index (χ0) is 37.7. The Kier molecular flexibility index (Phi) is 9.29. The molecule has 0 aromatic heterocycles. The van der Waals surface area contributed by atoms with Crippen LogP contribution in [0.4, 0.5) is 4.39 Å².